The van der Waals surface area contributed by atoms with E-state index in [0.717, 1.165) is 49.2 Å². The number of hydrogen-bond donors (Lipinski definition) is 2. The Kier molecular flexibility index (Phi) is 8.48. The summed E-state index contributed by atoms with van der Waals surface area (Å²) in [5.74, 6) is 0.128. The molecule has 2 aromatic carbocycles. The van der Waals surface area contributed by atoms with Gasteiger partial charge in [-0.2, -0.15) is 0 Å². The number of hydrogen-bond acceptors (Lipinski definition) is 3. The second-order valence-corrected chi connectivity index (χ2v) is 7.05. The zero-order chi connectivity index (χ0) is 19.1. The third kappa shape index (κ3) is 6.36. The molecule has 1 saturated heterocycles. The predicted octanol–water partition coefficient (Wildman–Crippen LogP) is 3.69. The number of nitrogens with two attached hydrogens (primary N) is 1. The maximum atomic E-state index is 12.2. The van der Waals surface area contributed by atoms with Crippen molar-refractivity contribution in [1.29, 1.82) is 0 Å². The van der Waals surface area contributed by atoms with Gasteiger partial charge in [-0.05, 0) is 42.5 Å². The van der Waals surface area contributed by atoms with Crippen LogP contribution in [0.1, 0.15) is 42.9 Å². The summed E-state index contributed by atoms with van der Waals surface area (Å²) in [6, 6.07) is 17.0. The Labute approximate surface area is 172 Å². The highest BCUT2D eigenvalue weighted by Gasteiger charge is 2.17. The van der Waals surface area contributed by atoms with E-state index >= 15 is 0 Å². The van der Waals surface area contributed by atoms with E-state index in [-0.39, 0.29) is 36.7 Å². The number of carbonyl (C=O) groups excluding carboxylic acids is 2. The molecule has 0 aromatic heterocycles. The van der Waals surface area contributed by atoms with Gasteiger partial charge in [0.05, 0.1) is 0 Å². The summed E-state index contributed by atoms with van der Waals surface area (Å²) in [6.45, 7) is 1.80. The molecule has 1 heterocycles. The average Bonchev–Trinajstić information content (AvgIpc) is 3.23. The van der Waals surface area contributed by atoms with Crippen LogP contribution >= 0.6 is 12.4 Å². The highest BCUT2D eigenvalue weighted by Crippen LogP contribution is 2.17. The topological polar surface area (TPSA) is 75.4 Å². The van der Waals surface area contributed by atoms with Crippen LogP contribution in [-0.4, -0.2) is 29.8 Å². The summed E-state index contributed by atoms with van der Waals surface area (Å²) in [4.78, 5) is 26.3. The van der Waals surface area contributed by atoms with Gasteiger partial charge in [-0.25, -0.2) is 0 Å². The highest BCUT2D eigenvalue weighted by atomic mass is 35.5. The number of amides is 2. The fraction of sp³-hybridized carbons (Fsp3) is 0.364. The third-order valence-corrected chi connectivity index (χ3v) is 4.96. The van der Waals surface area contributed by atoms with E-state index in [4.69, 9.17) is 5.73 Å². The van der Waals surface area contributed by atoms with Crippen LogP contribution in [0, 0.1) is 0 Å². The molecule has 0 radical (unpaired) electrons. The lowest BCUT2D eigenvalue weighted by molar-refractivity contribution is -0.130. The van der Waals surface area contributed by atoms with Crippen molar-refractivity contribution >= 4 is 29.9 Å². The molecule has 2 aromatic rings. The van der Waals surface area contributed by atoms with Gasteiger partial charge in [0.2, 0.25) is 11.8 Å². The fourth-order valence-electron chi connectivity index (χ4n) is 3.36. The zero-order valence-corrected chi connectivity index (χ0v) is 16.8. The molecule has 28 heavy (non-hydrogen) atoms. The van der Waals surface area contributed by atoms with Crippen molar-refractivity contribution in [2.45, 2.75) is 38.1 Å². The Morgan fingerprint density at radius 3 is 2.29 bits per heavy atom. The molecule has 1 aliphatic heterocycles. The molecule has 2 amide bonds. The second-order valence-electron chi connectivity index (χ2n) is 7.05. The first-order chi connectivity index (χ1) is 13.1. The lowest BCUT2D eigenvalue weighted by Gasteiger charge is -2.15. The van der Waals surface area contributed by atoms with Crippen LogP contribution in [-0.2, 0) is 16.0 Å². The quantitative estimate of drug-likeness (QED) is 0.742. The normalized spacial score (nSPS) is 14.2. The Bertz CT molecular complexity index is 759. The molecule has 6 heteroatoms. The van der Waals surface area contributed by atoms with Gasteiger partial charge in [-0.3, -0.25) is 9.59 Å². The minimum absolute atomic E-state index is 0. The van der Waals surface area contributed by atoms with Gasteiger partial charge in [0.1, 0.15) is 0 Å². The van der Waals surface area contributed by atoms with Gasteiger partial charge in [0.15, 0.2) is 0 Å². The molecular formula is C22H28ClN3O2. The van der Waals surface area contributed by atoms with E-state index in [2.05, 4.69) is 5.32 Å². The standard InChI is InChI=1S/C22H27N3O2.ClH/c23-20(18-6-2-1-3-7-18)16-21(26)24-19-11-8-17(9-12-19)10-13-22(27)25-14-4-5-15-25;/h1-3,6-9,11-12,20H,4-5,10,13-16,23H2,(H,24,26);1H. The number of rotatable bonds is 7. The van der Waals surface area contributed by atoms with Crippen molar-refractivity contribution in [2.24, 2.45) is 5.73 Å². The van der Waals surface area contributed by atoms with Crippen LogP contribution in [0.4, 0.5) is 5.69 Å². The first kappa shape index (κ1) is 21.9. The van der Waals surface area contributed by atoms with Gasteiger partial charge in [-0.1, -0.05) is 42.5 Å². The van der Waals surface area contributed by atoms with Gasteiger partial charge in [-0.15, -0.1) is 12.4 Å². The number of carbonyl (C=O) groups is 2. The molecule has 1 unspecified atom stereocenters. The Morgan fingerprint density at radius 1 is 1.00 bits per heavy atom. The summed E-state index contributed by atoms with van der Waals surface area (Å²) < 4.78 is 0. The Morgan fingerprint density at radius 2 is 1.64 bits per heavy atom. The van der Waals surface area contributed by atoms with Crippen molar-refractivity contribution in [3.63, 3.8) is 0 Å². The van der Waals surface area contributed by atoms with Crippen molar-refractivity contribution in [3.05, 3.63) is 65.7 Å². The SMILES string of the molecule is Cl.NC(CC(=O)Nc1ccc(CCC(=O)N2CCCC2)cc1)c1ccccc1. The molecule has 0 spiro atoms. The third-order valence-electron chi connectivity index (χ3n) is 4.96. The first-order valence-electron chi connectivity index (χ1n) is 9.59. The summed E-state index contributed by atoms with van der Waals surface area (Å²) in [6.07, 6.45) is 3.73. The van der Waals surface area contributed by atoms with Crippen LogP contribution in [0.25, 0.3) is 0 Å². The molecule has 1 fully saturated rings. The van der Waals surface area contributed by atoms with Crippen LogP contribution in [0.2, 0.25) is 0 Å². The van der Waals surface area contributed by atoms with Crippen molar-refractivity contribution in [3.8, 4) is 0 Å². The zero-order valence-electron chi connectivity index (χ0n) is 16.0. The van der Waals surface area contributed by atoms with E-state index in [1.54, 1.807) is 0 Å². The van der Waals surface area contributed by atoms with Gasteiger partial charge in [0, 0.05) is 37.7 Å². The van der Waals surface area contributed by atoms with Crippen molar-refractivity contribution < 1.29 is 9.59 Å². The number of halogens is 1. The van der Waals surface area contributed by atoms with Gasteiger partial charge >= 0.3 is 0 Å². The number of anilines is 1. The summed E-state index contributed by atoms with van der Waals surface area (Å²) in [5, 5.41) is 2.89. The Balaban J connectivity index is 0.00000280. The van der Waals surface area contributed by atoms with E-state index in [0.29, 0.717) is 6.42 Å². The molecule has 3 rings (SSSR count). The molecule has 3 N–H and O–H groups in total. The van der Waals surface area contributed by atoms with Crippen LogP contribution in [0.3, 0.4) is 0 Å². The smallest absolute Gasteiger partial charge is 0.226 e. The lowest BCUT2D eigenvalue weighted by atomic mass is 10.0. The highest BCUT2D eigenvalue weighted by molar-refractivity contribution is 5.91. The maximum Gasteiger partial charge on any atom is 0.226 e. The lowest BCUT2D eigenvalue weighted by Crippen LogP contribution is -2.27. The molecular weight excluding hydrogens is 374 g/mol. The second kappa shape index (κ2) is 10.8. The van der Waals surface area contributed by atoms with E-state index < -0.39 is 0 Å². The van der Waals surface area contributed by atoms with E-state index in [1.165, 1.54) is 0 Å². The Hall–Kier alpha value is -2.37. The minimum atomic E-state index is -0.318. The molecule has 0 saturated carbocycles. The number of nitrogens with zero attached hydrogens (tertiary/aromatic N) is 1. The average molecular weight is 402 g/mol. The molecule has 5 nitrogen and oxygen atoms in total. The molecule has 1 atom stereocenters. The summed E-state index contributed by atoms with van der Waals surface area (Å²) in [7, 11) is 0. The molecule has 1 aliphatic rings. The number of benzene rings is 2. The van der Waals surface area contributed by atoms with E-state index in [1.807, 2.05) is 59.5 Å². The van der Waals surface area contributed by atoms with Crippen LogP contribution < -0.4 is 11.1 Å². The van der Waals surface area contributed by atoms with Crippen LogP contribution in [0.5, 0.6) is 0 Å². The first-order valence-corrected chi connectivity index (χ1v) is 9.59. The van der Waals surface area contributed by atoms with Crippen molar-refractivity contribution in [1.82, 2.24) is 4.90 Å². The molecule has 0 aliphatic carbocycles. The van der Waals surface area contributed by atoms with Crippen molar-refractivity contribution in [2.75, 3.05) is 18.4 Å². The summed E-state index contributed by atoms with van der Waals surface area (Å²) in [5.41, 5.74) is 8.89. The van der Waals surface area contributed by atoms with E-state index in [9.17, 15) is 9.59 Å². The minimum Gasteiger partial charge on any atom is -0.343 e. The maximum absolute atomic E-state index is 12.2. The largest absolute Gasteiger partial charge is 0.343 e. The monoisotopic (exact) mass is 401 g/mol. The number of likely N-dealkylation sites (tertiary alicyclic amines) is 1. The predicted molar refractivity (Wildman–Crippen MR) is 114 cm³/mol. The van der Waals surface area contributed by atoms with Gasteiger partial charge < -0.3 is 16.0 Å². The fourth-order valence-corrected chi connectivity index (χ4v) is 3.36. The number of nitrogens with one attached hydrogen (secondary N) is 1. The summed E-state index contributed by atoms with van der Waals surface area (Å²) >= 11 is 0. The van der Waals surface area contributed by atoms with Gasteiger partial charge in [0.25, 0.3) is 0 Å². The molecule has 150 valence electrons. The van der Waals surface area contributed by atoms with Crippen LogP contribution in [0.15, 0.2) is 54.6 Å². The number of aryl methyl sites for hydroxylation is 1. The molecule has 0 bridgehead atoms.